The third kappa shape index (κ3) is 26.6. The van der Waals surface area contributed by atoms with Crippen LogP contribution >= 0.6 is 0 Å². The van der Waals surface area contributed by atoms with Gasteiger partial charge < -0.3 is 72.1 Å². The lowest BCUT2D eigenvalue weighted by atomic mass is 9.85. The molecule has 113 heavy (non-hydrogen) atoms. The molecule has 0 atom stereocenters. The first kappa shape index (κ1) is 92.3. The summed E-state index contributed by atoms with van der Waals surface area (Å²) in [5, 5.41) is 9.90. The van der Waals surface area contributed by atoms with Gasteiger partial charge in [0.25, 0.3) is 0 Å². The number of nitrogen functional groups attached to an aromatic ring is 1. The standard InChI is InChI=1S/C17H22O5.C15H17NO4.C15H16O4.C13H13NO4.C12H10O.C8H12O4.C7H9NO/c1-5-21-16(18)15(17(19)22-6-2)12(3)11-13-7-9-14(20-4)10-8-13;1-5-20-15(18)13-9(2)16(3)12-7-6-10(19-4)8-11(12)14(13)17;1-4-19-15(17)13-9(2)7-10-5-6-11(18-3)8-12(10)14(13)16;1-7-11(13(16)17)12(15)9-6-8(18-3)4-5-10(9)14(7)2;1-3-7-11(8-4-1)13-12-9-5-2-6-10-12;1-4-12-8(11)7(5(2)9)6(3)10;1-9-7-4-2-6(8)3-5-7/h7-10H,5-6,11H2,1-4H3;6-8H,5H2,1-4H3;5-6,8H,4,7H2,1-3H3;4-6H,1-3H3,(H,16,17);1-10H;7H,4H2,1-3H3;2-5H,8H2,1H3. The van der Waals surface area contributed by atoms with Gasteiger partial charge in [0, 0.05) is 36.7 Å². The molecule has 7 aromatic carbocycles. The highest BCUT2D eigenvalue weighted by atomic mass is 16.6. The minimum Gasteiger partial charge on any atom is -0.497 e. The van der Waals surface area contributed by atoms with Crippen molar-refractivity contribution in [3.63, 3.8) is 0 Å². The second kappa shape index (κ2) is 46.4. The van der Waals surface area contributed by atoms with Crippen LogP contribution in [0, 0.1) is 19.8 Å². The van der Waals surface area contributed by atoms with Crippen molar-refractivity contribution < 1.29 is 100 Å². The summed E-state index contributed by atoms with van der Waals surface area (Å²) in [6.45, 7) is 18.8. The monoisotopic (exact) mass is 1550 g/mol. The number of para-hydroxylation sites is 2. The van der Waals surface area contributed by atoms with Crippen LogP contribution in [0.1, 0.15) is 116 Å². The smallest absolute Gasteiger partial charge is 0.345 e. The molecule has 0 saturated carbocycles. The zero-order valence-corrected chi connectivity index (χ0v) is 67.0. The third-order valence-electron chi connectivity index (χ3n) is 16.8. The number of allylic oxidation sites excluding steroid dienone is 2. The lowest BCUT2D eigenvalue weighted by Crippen LogP contribution is -2.30. The number of hydrogen-bond acceptors (Lipinski definition) is 23. The van der Waals surface area contributed by atoms with Gasteiger partial charge in [0.2, 0.25) is 16.6 Å². The van der Waals surface area contributed by atoms with E-state index in [0.29, 0.717) is 68.9 Å². The number of carbonyl (C=O) groups excluding carboxylic acids is 8. The Morgan fingerprint density at radius 2 is 0.850 bits per heavy atom. The van der Waals surface area contributed by atoms with E-state index in [1.807, 2.05) is 121 Å². The van der Waals surface area contributed by atoms with Crippen LogP contribution < -0.4 is 45.0 Å². The van der Waals surface area contributed by atoms with Gasteiger partial charge in [-0.1, -0.05) is 60.2 Å². The number of Topliss-reactive ketones (excluding diaryl/α,β-unsaturated/α-hetero) is 3. The number of aromatic carboxylic acids is 1. The Morgan fingerprint density at radius 3 is 1.27 bits per heavy atom. The van der Waals surface area contributed by atoms with Crippen LogP contribution in [-0.2, 0) is 79.4 Å². The molecule has 1 aliphatic rings. The molecule has 0 unspecified atom stereocenters. The highest BCUT2D eigenvalue weighted by molar-refractivity contribution is 6.26. The first-order chi connectivity index (χ1) is 53.9. The number of hydrogen-bond donors (Lipinski definition) is 2. The predicted octanol–water partition coefficient (Wildman–Crippen LogP) is 13.7. The number of carboxylic acid groups (broad SMARTS) is 1. The molecule has 2 heterocycles. The molecule has 600 valence electrons. The molecule has 2 aromatic heterocycles. The number of carbonyl (C=O) groups is 9. The molecule has 0 fully saturated rings. The Balaban J connectivity index is 0.000000282. The van der Waals surface area contributed by atoms with Gasteiger partial charge in [-0.25, -0.2) is 24.0 Å². The van der Waals surface area contributed by atoms with Gasteiger partial charge in [0.05, 0.1) is 90.4 Å². The Bertz CT molecular complexity index is 4910. The molecule has 0 spiro atoms. The van der Waals surface area contributed by atoms with E-state index in [1.54, 1.807) is 150 Å². The topological polar surface area (TPSA) is 345 Å². The number of methoxy groups -OCH3 is 5. The lowest BCUT2D eigenvalue weighted by Gasteiger charge is -2.19. The van der Waals surface area contributed by atoms with Crippen molar-refractivity contribution in [2.75, 3.05) is 74.3 Å². The molecule has 10 rings (SSSR count). The number of aromatic nitrogens is 2. The number of benzene rings is 7. The van der Waals surface area contributed by atoms with Crippen molar-refractivity contribution in [1.29, 1.82) is 0 Å². The minimum atomic E-state index is -1.23. The van der Waals surface area contributed by atoms with Gasteiger partial charge in [-0.05, 0) is 215 Å². The van der Waals surface area contributed by atoms with Gasteiger partial charge in [0.15, 0.2) is 17.5 Å². The first-order valence-corrected chi connectivity index (χ1v) is 35.7. The van der Waals surface area contributed by atoms with Crippen LogP contribution in [-0.4, -0.2) is 136 Å². The van der Waals surface area contributed by atoms with E-state index in [4.69, 9.17) is 58.2 Å². The summed E-state index contributed by atoms with van der Waals surface area (Å²) in [7, 11) is 11.3. The number of anilines is 1. The van der Waals surface area contributed by atoms with Gasteiger partial charge in [-0.2, -0.15) is 0 Å². The van der Waals surface area contributed by atoms with E-state index in [0.717, 1.165) is 50.9 Å². The summed E-state index contributed by atoms with van der Waals surface area (Å²) in [5.41, 5.74) is 11.6. The highest BCUT2D eigenvalue weighted by Crippen LogP contribution is 2.31. The maximum Gasteiger partial charge on any atom is 0.345 e. The summed E-state index contributed by atoms with van der Waals surface area (Å²) in [6, 6.07) is 49.8. The van der Waals surface area contributed by atoms with Gasteiger partial charge in [0.1, 0.15) is 62.5 Å². The van der Waals surface area contributed by atoms with Crippen molar-refractivity contribution in [1.82, 2.24) is 9.13 Å². The van der Waals surface area contributed by atoms with E-state index in [2.05, 4.69) is 4.74 Å². The maximum atomic E-state index is 12.5. The van der Waals surface area contributed by atoms with Gasteiger partial charge in [-0.3, -0.25) is 28.8 Å². The zero-order valence-electron chi connectivity index (χ0n) is 67.0. The number of nitrogens with two attached hydrogens (primary N) is 1. The summed E-state index contributed by atoms with van der Waals surface area (Å²) >= 11 is 0. The lowest BCUT2D eigenvalue weighted by molar-refractivity contribution is -0.154. The Labute approximate surface area is 656 Å². The van der Waals surface area contributed by atoms with Crippen LogP contribution in [0.25, 0.3) is 21.8 Å². The SMILES string of the molecule is CCOC(=O)C(C(=O)OCC)=C(C)Cc1ccc(OC)cc1.CCOC(=O)C(C(C)=O)C(C)=O.CCOC(=O)C1=C(C)Cc2ccc(OC)cc2C1=O.CCOC(=O)c1c(C)n(C)c2ccc(OC)cc2c1=O.COc1ccc(N)cc1.COc1ccc2c(c1)c(=O)c(C(=O)O)c(C)n2C.c1ccc(Oc2ccccc2)cc1. The molecule has 9 aromatic rings. The molecule has 3 N–H and O–H groups in total. The van der Waals surface area contributed by atoms with Crippen LogP contribution in [0.4, 0.5) is 5.69 Å². The van der Waals surface area contributed by atoms with Crippen molar-refractivity contribution in [3.8, 4) is 40.2 Å². The number of ketones is 3. The number of carboxylic acids is 1. The number of pyridine rings is 2. The predicted molar refractivity (Wildman–Crippen MR) is 429 cm³/mol. The number of aryl methyl sites for hydroxylation is 2. The Hall–Kier alpha value is -13.1. The van der Waals surface area contributed by atoms with Crippen LogP contribution in [0.5, 0.6) is 40.2 Å². The summed E-state index contributed by atoms with van der Waals surface area (Å²) in [6.07, 6.45) is 1.04. The van der Waals surface area contributed by atoms with Gasteiger partial charge in [-0.15, -0.1) is 0 Å². The molecule has 26 nitrogen and oxygen atoms in total. The number of nitrogens with zero attached hydrogens (tertiary/aromatic N) is 2. The number of esters is 5. The largest absolute Gasteiger partial charge is 0.497 e. The highest BCUT2D eigenvalue weighted by Gasteiger charge is 2.32. The van der Waals surface area contributed by atoms with Crippen LogP contribution in [0.3, 0.4) is 0 Å². The fourth-order valence-electron chi connectivity index (χ4n) is 11.0. The van der Waals surface area contributed by atoms with Crippen molar-refractivity contribution in [2.24, 2.45) is 20.0 Å². The average molecular weight is 1550 g/mol. The van der Waals surface area contributed by atoms with Crippen LogP contribution in [0.15, 0.2) is 196 Å². The molecule has 0 amide bonds. The molecule has 0 saturated heterocycles. The van der Waals surface area contributed by atoms with E-state index in [9.17, 15) is 52.7 Å². The van der Waals surface area contributed by atoms with Crippen molar-refractivity contribution in [3.05, 3.63) is 246 Å². The zero-order chi connectivity index (χ0) is 84.2. The Morgan fingerprint density at radius 1 is 0.460 bits per heavy atom. The molecular formula is C87H99N3O23. The number of fused-ring (bicyclic) bond motifs is 3. The molecule has 0 bridgehead atoms. The average Bonchev–Trinajstić information content (AvgIpc) is 0.767. The second-order valence-electron chi connectivity index (χ2n) is 24.4. The van der Waals surface area contributed by atoms with Crippen LogP contribution in [0.2, 0.25) is 0 Å². The number of rotatable bonds is 22. The van der Waals surface area contributed by atoms with Gasteiger partial charge >= 0.3 is 35.8 Å². The molecular weight excluding hydrogens is 1450 g/mol. The first-order valence-electron chi connectivity index (χ1n) is 35.7. The van der Waals surface area contributed by atoms with Crippen molar-refractivity contribution >= 4 is 80.7 Å². The van der Waals surface area contributed by atoms with E-state index >= 15 is 0 Å². The minimum absolute atomic E-state index is 0.0282. The number of ether oxygens (including phenoxy) is 11. The fraction of sp³-hybridized carbons (Fsp3) is 0.299. The summed E-state index contributed by atoms with van der Waals surface area (Å²) in [4.78, 5) is 129. The molecule has 0 radical (unpaired) electrons. The summed E-state index contributed by atoms with van der Waals surface area (Å²) < 4.78 is 58.7. The maximum absolute atomic E-state index is 12.5. The fourth-order valence-corrected chi connectivity index (χ4v) is 11.0. The molecule has 0 aliphatic heterocycles. The Kier molecular flexibility index (Phi) is 37.9. The van der Waals surface area contributed by atoms with E-state index < -0.39 is 58.7 Å². The normalized spacial score (nSPS) is 10.7. The van der Waals surface area contributed by atoms with Crippen molar-refractivity contribution in [2.45, 2.75) is 89.0 Å². The second-order valence-corrected chi connectivity index (χ2v) is 24.4. The van der Waals surface area contributed by atoms with E-state index in [1.165, 1.54) is 28.1 Å². The quantitative estimate of drug-likeness (QED) is 0.0159. The summed E-state index contributed by atoms with van der Waals surface area (Å²) in [5.74, 6) is -1.80. The van der Waals surface area contributed by atoms with E-state index in [-0.39, 0.29) is 66.5 Å². The molecule has 26 heteroatoms. The third-order valence-corrected chi connectivity index (χ3v) is 16.8. The molecule has 1 aliphatic carbocycles.